The lowest BCUT2D eigenvalue weighted by molar-refractivity contribution is 0.103. The van der Waals surface area contributed by atoms with Gasteiger partial charge >= 0.3 is 0 Å². The fourth-order valence-electron chi connectivity index (χ4n) is 3.11. The Morgan fingerprint density at radius 1 is 1.04 bits per heavy atom. The second kappa shape index (κ2) is 7.07. The molecular formula is C20H19N3OS. The quantitative estimate of drug-likeness (QED) is 0.745. The standard InChI is InChI=1S/C20H19N3OS/c24-20(19-17(10-13-25-19)15-6-2-1-3-7-15)22-16-8-9-18(21-14-16)23-11-4-5-12-23/h1-3,6-10,13-14H,4-5,11-12H2,(H,22,24). The number of aromatic nitrogens is 1. The molecule has 3 heterocycles. The van der Waals surface area contributed by atoms with Crippen LogP contribution in [0.3, 0.4) is 0 Å². The minimum absolute atomic E-state index is 0.0930. The molecule has 4 rings (SSSR count). The van der Waals surface area contributed by atoms with Gasteiger partial charge in [-0.2, -0.15) is 0 Å². The van der Waals surface area contributed by atoms with Crippen LogP contribution in [0, 0.1) is 0 Å². The van der Waals surface area contributed by atoms with Crippen LogP contribution in [0.2, 0.25) is 0 Å². The van der Waals surface area contributed by atoms with Gasteiger partial charge in [-0.1, -0.05) is 30.3 Å². The minimum atomic E-state index is -0.0930. The maximum atomic E-state index is 12.7. The molecule has 5 heteroatoms. The Morgan fingerprint density at radius 2 is 1.84 bits per heavy atom. The van der Waals surface area contributed by atoms with E-state index in [-0.39, 0.29) is 5.91 Å². The van der Waals surface area contributed by atoms with E-state index >= 15 is 0 Å². The van der Waals surface area contributed by atoms with Crippen LogP contribution in [0.15, 0.2) is 60.1 Å². The molecule has 0 radical (unpaired) electrons. The molecule has 0 atom stereocenters. The number of benzene rings is 1. The summed E-state index contributed by atoms with van der Waals surface area (Å²) in [5.41, 5.74) is 2.74. The Morgan fingerprint density at radius 3 is 2.56 bits per heavy atom. The summed E-state index contributed by atoms with van der Waals surface area (Å²) in [7, 11) is 0. The van der Waals surface area contributed by atoms with Crippen LogP contribution >= 0.6 is 11.3 Å². The van der Waals surface area contributed by atoms with Crippen LogP contribution in [0.4, 0.5) is 11.5 Å². The second-order valence-electron chi connectivity index (χ2n) is 6.08. The van der Waals surface area contributed by atoms with E-state index in [4.69, 9.17) is 0 Å². The number of pyridine rings is 1. The van der Waals surface area contributed by atoms with Crippen molar-refractivity contribution in [2.75, 3.05) is 23.3 Å². The smallest absolute Gasteiger partial charge is 0.266 e. The second-order valence-corrected chi connectivity index (χ2v) is 7.00. The minimum Gasteiger partial charge on any atom is -0.357 e. The summed E-state index contributed by atoms with van der Waals surface area (Å²) in [6, 6.07) is 15.9. The average Bonchev–Trinajstić information content (AvgIpc) is 3.35. The zero-order chi connectivity index (χ0) is 17.1. The molecule has 1 aliphatic rings. The third-order valence-electron chi connectivity index (χ3n) is 4.39. The van der Waals surface area contributed by atoms with E-state index in [0.717, 1.165) is 40.6 Å². The summed E-state index contributed by atoms with van der Waals surface area (Å²) < 4.78 is 0. The van der Waals surface area contributed by atoms with Gasteiger partial charge in [0.25, 0.3) is 5.91 Å². The van der Waals surface area contributed by atoms with E-state index in [0.29, 0.717) is 0 Å². The van der Waals surface area contributed by atoms with E-state index in [1.54, 1.807) is 6.20 Å². The summed E-state index contributed by atoms with van der Waals surface area (Å²) in [6.45, 7) is 2.13. The van der Waals surface area contributed by atoms with Crippen molar-refractivity contribution in [3.05, 3.63) is 65.0 Å². The van der Waals surface area contributed by atoms with E-state index < -0.39 is 0 Å². The van der Waals surface area contributed by atoms with Crippen LogP contribution in [-0.4, -0.2) is 24.0 Å². The molecule has 1 aromatic carbocycles. The molecule has 0 saturated carbocycles. The average molecular weight is 349 g/mol. The van der Waals surface area contributed by atoms with Gasteiger partial charge < -0.3 is 10.2 Å². The van der Waals surface area contributed by atoms with Crippen LogP contribution < -0.4 is 10.2 Å². The summed E-state index contributed by atoms with van der Waals surface area (Å²) in [6.07, 6.45) is 4.18. The van der Waals surface area contributed by atoms with E-state index in [9.17, 15) is 4.79 Å². The predicted molar refractivity (Wildman–Crippen MR) is 103 cm³/mol. The van der Waals surface area contributed by atoms with Gasteiger partial charge in [-0.25, -0.2) is 4.98 Å². The number of hydrogen-bond donors (Lipinski definition) is 1. The first-order chi connectivity index (χ1) is 12.3. The molecule has 25 heavy (non-hydrogen) atoms. The van der Waals surface area contributed by atoms with E-state index in [1.807, 2.05) is 53.9 Å². The molecule has 1 N–H and O–H groups in total. The van der Waals surface area contributed by atoms with Gasteiger partial charge in [-0.15, -0.1) is 11.3 Å². The molecule has 1 fully saturated rings. The van der Waals surface area contributed by atoms with Gasteiger partial charge in [0.1, 0.15) is 5.82 Å². The highest BCUT2D eigenvalue weighted by Crippen LogP contribution is 2.29. The largest absolute Gasteiger partial charge is 0.357 e. The number of carbonyl (C=O) groups excluding carboxylic acids is 1. The third-order valence-corrected chi connectivity index (χ3v) is 5.31. The summed E-state index contributed by atoms with van der Waals surface area (Å²) >= 11 is 1.45. The predicted octanol–water partition coefficient (Wildman–Crippen LogP) is 4.66. The van der Waals surface area contributed by atoms with Crippen molar-refractivity contribution in [1.82, 2.24) is 4.98 Å². The number of carbonyl (C=O) groups is 1. The number of hydrogen-bond acceptors (Lipinski definition) is 4. The van der Waals surface area contributed by atoms with Crippen LogP contribution in [0.25, 0.3) is 11.1 Å². The normalized spacial score (nSPS) is 13.8. The van der Waals surface area contributed by atoms with Crippen LogP contribution in [0.1, 0.15) is 22.5 Å². The topological polar surface area (TPSA) is 45.2 Å². The van der Waals surface area contributed by atoms with Gasteiger partial charge in [-0.3, -0.25) is 4.79 Å². The number of amides is 1. The number of nitrogens with zero attached hydrogens (tertiary/aromatic N) is 2. The lowest BCUT2D eigenvalue weighted by Gasteiger charge is -2.16. The highest BCUT2D eigenvalue weighted by Gasteiger charge is 2.16. The monoisotopic (exact) mass is 349 g/mol. The van der Waals surface area contributed by atoms with Crippen molar-refractivity contribution >= 4 is 28.7 Å². The molecule has 126 valence electrons. The van der Waals surface area contributed by atoms with E-state index in [2.05, 4.69) is 15.2 Å². The Balaban J connectivity index is 1.50. The fourth-order valence-corrected chi connectivity index (χ4v) is 3.92. The Labute approximate surface area is 151 Å². The van der Waals surface area contributed by atoms with Crippen molar-refractivity contribution in [2.45, 2.75) is 12.8 Å². The summed E-state index contributed by atoms with van der Waals surface area (Å²) in [5.74, 6) is 0.890. The van der Waals surface area contributed by atoms with Crippen LogP contribution in [-0.2, 0) is 0 Å². The van der Waals surface area contributed by atoms with Crippen molar-refractivity contribution < 1.29 is 4.79 Å². The zero-order valence-electron chi connectivity index (χ0n) is 13.8. The van der Waals surface area contributed by atoms with E-state index in [1.165, 1.54) is 24.2 Å². The third kappa shape index (κ3) is 3.42. The summed E-state index contributed by atoms with van der Waals surface area (Å²) in [5, 5.41) is 4.91. The lowest BCUT2D eigenvalue weighted by Crippen LogP contribution is -2.19. The highest BCUT2D eigenvalue weighted by atomic mass is 32.1. The molecule has 1 saturated heterocycles. The molecule has 3 aromatic rings. The maximum Gasteiger partial charge on any atom is 0.266 e. The molecule has 1 amide bonds. The number of rotatable bonds is 4. The first-order valence-corrected chi connectivity index (χ1v) is 9.34. The first-order valence-electron chi connectivity index (χ1n) is 8.46. The van der Waals surface area contributed by atoms with Gasteiger partial charge in [0.05, 0.1) is 16.8 Å². The number of nitrogens with one attached hydrogen (secondary N) is 1. The van der Waals surface area contributed by atoms with Crippen molar-refractivity contribution in [3.8, 4) is 11.1 Å². The first kappa shape index (κ1) is 15.8. The Hall–Kier alpha value is -2.66. The zero-order valence-corrected chi connectivity index (χ0v) is 14.6. The van der Waals surface area contributed by atoms with Crippen molar-refractivity contribution in [3.63, 3.8) is 0 Å². The lowest BCUT2D eigenvalue weighted by atomic mass is 10.1. The Bertz CT molecular complexity index is 852. The number of anilines is 2. The highest BCUT2D eigenvalue weighted by molar-refractivity contribution is 7.12. The van der Waals surface area contributed by atoms with Crippen molar-refractivity contribution in [2.24, 2.45) is 0 Å². The van der Waals surface area contributed by atoms with Crippen molar-refractivity contribution in [1.29, 1.82) is 0 Å². The maximum absolute atomic E-state index is 12.7. The molecule has 1 aliphatic heterocycles. The molecule has 0 spiro atoms. The fraction of sp³-hybridized carbons (Fsp3) is 0.200. The molecule has 2 aromatic heterocycles. The van der Waals surface area contributed by atoms with Gasteiger partial charge in [-0.05, 0) is 42.0 Å². The number of thiophene rings is 1. The summed E-state index contributed by atoms with van der Waals surface area (Å²) in [4.78, 5) is 20.2. The molecule has 0 aliphatic carbocycles. The molecule has 4 nitrogen and oxygen atoms in total. The van der Waals surface area contributed by atoms with Gasteiger partial charge in [0.2, 0.25) is 0 Å². The SMILES string of the molecule is O=C(Nc1ccc(N2CCCC2)nc1)c1sccc1-c1ccccc1. The molecule has 0 unspecified atom stereocenters. The molecule has 0 bridgehead atoms. The Kier molecular flexibility index (Phi) is 4.48. The van der Waals surface area contributed by atoms with Crippen LogP contribution in [0.5, 0.6) is 0 Å². The molecular weight excluding hydrogens is 330 g/mol. The van der Waals surface area contributed by atoms with Gasteiger partial charge in [0, 0.05) is 18.7 Å². The van der Waals surface area contributed by atoms with Gasteiger partial charge in [0.15, 0.2) is 0 Å².